The van der Waals surface area contributed by atoms with Crippen molar-refractivity contribution in [2.45, 2.75) is 19.4 Å². The van der Waals surface area contributed by atoms with Gasteiger partial charge < -0.3 is 24.6 Å². The molecule has 1 heterocycles. The van der Waals surface area contributed by atoms with Gasteiger partial charge in [-0.3, -0.25) is 0 Å². The number of nitrogens with zero attached hydrogens (tertiary/aromatic N) is 2. The second-order valence-corrected chi connectivity index (χ2v) is 6.90. The number of ether oxygens (including phenoxy) is 3. The molecule has 0 saturated carbocycles. The highest BCUT2D eigenvalue weighted by Crippen LogP contribution is 2.34. The Bertz CT molecular complexity index is 1050. The lowest BCUT2D eigenvalue weighted by Gasteiger charge is -2.16. The van der Waals surface area contributed by atoms with Crippen molar-refractivity contribution >= 4 is 16.7 Å². The number of hydrogen-bond donors (Lipinski definition) is 2. The Kier molecular flexibility index (Phi) is 7.19. The Labute approximate surface area is 179 Å². The third kappa shape index (κ3) is 5.36. The minimum Gasteiger partial charge on any atom is -0.493 e. The maximum Gasteiger partial charge on any atom is 0.295 e. The number of hydrogen-bond acceptors (Lipinski definition) is 7. The first kappa shape index (κ1) is 22.6. The summed E-state index contributed by atoms with van der Waals surface area (Å²) in [5, 5.41) is 12.8. The minimum absolute atomic E-state index is 0.239. The van der Waals surface area contributed by atoms with E-state index < -0.39 is 12.5 Å². The van der Waals surface area contributed by atoms with Gasteiger partial charge in [0, 0.05) is 30.7 Å². The molecule has 3 rings (SSSR count). The van der Waals surface area contributed by atoms with E-state index in [1.807, 2.05) is 0 Å². The lowest BCUT2D eigenvalue weighted by Crippen LogP contribution is -2.18. The van der Waals surface area contributed by atoms with Crippen LogP contribution in [0, 0.1) is 6.92 Å². The van der Waals surface area contributed by atoms with Crippen molar-refractivity contribution in [3.05, 3.63) is 53.3 Å². The van der Waals surface area contributed by atoms with Crippen LogP contribution in [-0.4, -0.2) is 49.1 Å². The fraction of sp³-hybridized carbons (Fsp3) is 0.364. The van der Waals surface area contributed by atoms with Gasteiger partial charge in [0.2, 0.25) is 0 Å². The molecule has 31 heavy (non-hydrogen) atoms. The molecule has 2 aromatic carbocycles. The summed E-state index contributed by atoms with van der Waals surface area (Å²) in [6, 6.07) is 9.46. The third-order valence-electron chi connectivity index (χ3n) is 4.65. The van der Waals surface area contributed by atoms with E-state index in [4.69, 9.17) is 19.3 Å². The van der Waals surface area contributed by atoms with E-state index in [1.165, 1.54) is 18.2 Å². The van der Waals surface area contributed by atoms with Crippen molar-refractivity contribution in [3.63, 3.8) is 0 Å². The molecule has 2 N–H and O–H groups in total. The van der Waals surface area contributed by atoms with Crippen LogP contribution in [0.4, 0.5) is 14.6 Å². The first-order valence-electron chi connectivity index (χ1n) is 9.68. The summed E-state index contributed by atoms with van der Waals surface area (Å²) in [4.78, 5) is 8.92. The average Bonchev–Trinajstić information content (AvgIpc) is 2.77. The molecule has 3 aromatic rings. The molecule has 0 amide bonds. The van der Waals surface area contributed by atoms with Crippen molar-refractivity contribution in [3.8, 4) is 11.5 Å². The van der Waals surface area contributed by atoms with Crippen LogP contribution < -0.4 is 14.8 Å². The molecule has 0 aliphatic rings. The molecule has 9 heteroatoms. The zero-order valence-corrected chi connectivity index (χ0v) is 17.6. The predicted octanol–water partition coefficient (Wildman–Crippen LogP) is 3.67. The number of aliphatic hydroxyl groups excluding tert-OH is 1. The number of aliphatic hydroxyl groups is 1. The number of fused-ring (bicyclic) bond motifs is 1. The van der Waals surface area contributed by atoms with E-state index in [0.29, 0.717) is 52.8 Å². The van der Waals surface area contributed by atoms with Crippen LogP contribution >= 0.6 is 0 Å². The van der Waals surface area contributed by atoms with E-state index in [-0.39, 0.29) is 12.1 Å². The van der Waals surface area contributed by atoms with E-state index in [9.17, 15) is 8.78 Å². The highest BCUT2D eigenvalue weighted by molar-refractivity contribution is 5.91. The SMILES string of the molecule is COCCOc1cc2c(NCc3cccc(C(F)(F)CO)c3)nc(C)nc2cc1OC. The van der Waals surface area contributed by atoms with E-state index in [0.717, 1.165) is 0 Å². The molecule has 0 aliphatic carbocycles. The van der Waals surface area contributed by atoms with Gasteiger partial charge in [-0.25, -0.2) is 9.97 Å². The molecule has 0 atom stereocenters. The van der Waals surface area contributed by atoms with E-state index in [1.54, 1.807) is 39.3 Å². The molecule has 166 valence electrons. The molecule has 0 spiro atoms. The zero-order valence-electron chi connectivity index (χ0n) is 17.6. The maximum atomic E-state index is 13.8. The predicted molar refractivity (Wildman–Crippen MR) is 113 cm³/mol. The summed E-state index contributed by atoms with van der Waals surface area (Å²) in [6.45, 7) is 1.55. The Morgan fingerprint density at radius 2 is 1.87 bits per heavy atom. The van der Waals surface area contributed by atoms with Gasteiger partial charge in [-0.2, -0.15) is 8.78 Å². The normalized spacial score (nSPS) is 11.5. The number of benzene rings is 2. The second kappa shape index (κ2) is 9.84. The number of methoxy groups -OCH3 is 2. The second-order valence-electron chi connectivity index (χ2n) is 6.90. The zero-order chi connectivity index (χ0) is 22.4. The Morgan fingerprint density at radius 3 is 2.58 bits per heavy atom. The van der Waals surface area contributed by atoms with Crippen LogP contribution in [0.2, 0.25) is 0 Å². The van der Waals surface area contributed by atoms with Crippen molar-refractivity contribution in [2.24, 2.45) is 0 Å². The number of aromatic nitrogens is 2. The van der Waals surface area contributed by atoms with E-state index in [2.05, 4.69) is 15.3 Å². The maximum absolute atomic E-state index is 13.8. The van der Waals surface area contributed by atoms with Crippen LogP contribution in [0.1, 0.15) is 17.0 Å². The van der Waals surface area contributed by atoms with Gasteiger partial charge in [-0.15, -0.1) is 0 Å². The van der Waals surface area contributed by atoms with E-state index >= 15 is 0 Å². The molecule has 0 fully saturated rings. The fourth-order valence-electron chi connectivity index (χ4n) is 3.08. The summed E-state index contributed by atoms with van der Waals surface area (Å²) in [6.07, 6.45) is 0. The lowest BCUT2D eigenvalue weighted by molar-refractivity contribution is -0.0556. The summed E-state index contributed by atoms with van der Waals surface area (Å²) >= 11 is 0. The monoisotopic (exact) mass is 433 g/mol. The van der Waals surface area contributed by atoms with Crippen molar-refractivity contribution in [1.29, 1.82) is 0 Å². The summed E-state index contributed by atoms with van der Waals surface area (Å²) in [5.74, 6) is -1.15. The van der Waals surface area contributed by atoms with Crippen LogP contribution in [-0.2, 0) is 17.2 Å². The summed E-state index contributed by atoms with van der Waals surface area (Å²) in [7, 11) is 3.14. The minimum atomic E-state index is -3.29. The lowest BCUT2D eigenvalue weighted by atomic mass is 10.1. The highest BCUT2D eigenvalue weighted by atomic mass is 19.3. The number of alkyl halides is 2. The van der Waals surface area contributed by atoms with Crippen LogP contribution in [0.3, 0.4) is 0 Å². The molecule has 7 nitrogen and oxygen atoms in total. The molecule has 0 saturated heterocycles. The van der Waals surface area contributed by atoms with Gasteiger partial charge in [0.1, 0.15) is 24.9 Å². The number of rotatable bonds is 10. The van der Waals surface area contributed by atoms with Gasteiger partial charge in [-0.05, 0) is 24.6 Å². The summed E-state index contributed by atoms with van der Waals surface area (Å²) < 4.78 is 43.8. The van der Waals surface area contributed by atoms with Crippen molar-refractivity contribution in [2.75, 3.05) is 39.4 Å². The topological polar surface area (TPSA) is 85.7 Å². The molecule has 0 unspecified atom stereocenters. The standard InChI is InChI=1S/C22H25F2N3O4/c1-14-26-18-11-19(30-3)20(31-8-7-29-2)10-17(18)21(27-14)25-12-15-5-4-6-16(9-15)22(23,24)13-28/h4-6,9-11,28H,7-8,12-13H2,1-3H3,(H,25,26,27). The van der Waals surface area contributed by atoms with Crippen molar-refractivity contribution in [1.82, 2.24) is 9.97 Å². The first-order valence-corrected chi connectivity index (χ1v) is 9.68. The molecule has 0 bridgehead atoms. The van der Waals surface area contributed by atoms with Gasteiger partial charge in [0.15, 0.2) is 11.5 Å². The third-order valence-corrected chi connectivity index (χ3v) is 4.65. The first-order chi connectivity index (χ1) is 14.9. The Hall–Kier alpha value is -3.04. The number of halogens is 2. The van der Waals surface area contributed by atoms with Crippen LogP contribution in [0.15, 0.2) is 36.4 Å². The molecule has 1 aromatic heterocycles. The number of nitrogens with one attached hydrogen (secondary N) is 1. The largest absolute Gasteiger partial charge is 0.493 e. The van der Waals surface area contributed by atoms with Gasteiger partial charge >= 0.3 is 0 Å². The molecule has 0 aliphatic heterocycles. The number of aryl methyl sites for hydroxylation is 1. The Morgan fingerprint density at radius 1 is 1.06 bits per heavy atom. The van der Waals surface area contributed by atoms with Gasteiger partial charge in [0.25, 0.3) is 5.92 Å². The average molecular weight is 433 g/mol. The quantitative estimate of drug-likeness (QED) is 0.472. The van der Waals surface area contributed by atoms with Gasteiger partial charge in [-0.1, -0.05) is 18.2 Å². The fourth-order valence-corrected chi connectivity index (χ4v) is 3.08. The van der Waals surface area contributed by atoms with Crippen LogP contribution in [0.5, 0.6) is 11.5 Å². The summed E-state index contributed by atoms with van der Waals surface area (Å²) in [5.41, 5.74) is 1.04. The molecule has 0 radical (unpaired) electrons. The Balaban J connectivity index is 1.91. The van der Waals surface area contributed by atoms with Gasteiger partial charge in [0.05, 0.1) is 19.2 Å². The number of anilines is 1. The molecular weight excluding hydrogens is 408 g/mol. The molecular formula is C22H25F2N3O4. The smallest absolute Gasteiger partial charge is 0.295 e. The highest BCUT2D eigenvalue weighted by Gasteiger charge is 2.30. The van der Waals surface area contributed by atoms with Crippen molar-refractivity contribution < 1.29 is 28.1 Å². The van der Waals surface area contributed by atoms with Crippen LogP contribution in [0.25, 0.3) is 10.9 Å².